The van der Waals surface area contributed by atoms with E-state index in [1.54, 1.807) is 0 Å². The summed E-state index contributed by atoms with van der Waals surface area (Å²) < 4.78 is 11.5. The highest BCUT2D eigenvalue weighted by atomic mass is 16.5. The van der Waals surface area contributed by atoms with Crippen molar-refractivity contribution in [1.29, 1.82) is 0 Å². The van der Waals surface area contributed by atoms with Gasteiger partial charge in [-0.15, -0.1) is 0 Å². The van der Waals surface area contributed by atoms with Gasteiger partial charge in [-0.05, 0) is 44.6 Å². The van der Waals surface area contributed by atoms with E-state index in [4.69, 9.17) is 9.47 Å². The molecule has 1 fully saturated rings. The van der Waals surface area contributed by atoms with Crippen LogP contribution in [-0.2, 0) is 20.7 Å². The van der Waals surface area contributed by atoms with Gasteiger partial charge in [-0.2, -0.15) is 0 Å². The second kappa shape index (κ2) is 12.2. The predicted molar refractivity (Wildman–Crippen MR) is 113 cm³/mol. The molecular formula is C23H38N2O3. The quantitative estimate of drug-likeness (QED) is 0.589. The normalized spacial score (nSPS) is 21.6. The second-order valence-corrected chi connectivity index (χ2v) is 8.25. The number of morpholine rings is 1. The van der Waals surface area contributed by atoms with Gasteiger partial charge in [0.1, 0.15) is 0 Å². The Morgan fingerprint density at radius 3 is 2.46 bits per heavy atom. The van der Waals surface area contributed by atoms with E-state index in [1.165, 1.54) is 5.56 Å². The van der Waals surface area contributed by atoms with Crippen LogP contribution in [0.1, 0.15) is 46.1 Å². The Bertz CT molecular complexity index is 554. The maximum atomic E-state index is 12.8. The Morgan fingerprint density at radius 1 is 1.14 bits per heavy atom. The molecule has 1 heterocycles. The molecule has 5 nitrogen and oxygen atoms in total. The summed E-state index contributed by atoms with van der Waals surface area (Å²) in [6.45, 7) is 12.2. The van der Waals surface area contributed by atoms with Crippen molar-refractivity contribution in [2.75, 3.05) is 32.8 Å². The van der Waals surface area contributed by atoms with Gasteiger partial charge in [0.2, 0.25) is 5.91 Å². The highest BCUT2D eigenvalue weighted by molar-refractivity contribution is 5.82. The summed E-state index contributed by atoms with van der Waals surface area (Å²) in [5.74, 6) is 0.417. The predicted octanol–water partition coefficient (Wildman–Crippen LogP) is 3.28. The molecule has 0 aliphatic carbocycles. The van der Waals surface area contributed by atoms with Gasteiger partial charge in [-0.1, -0.05) is 44.2 Å². The molecule has 0 saturated carbocycles. The SMILES string of the molecule is CC1CN(C(C(=O)NCCCCOCCc2ccccc2)C(C)C)CC(C)O1. The molecule has 1 aromatic carbocycles. The van der Waals surface area contributed by atoms with Crippen LogP contribution in [0.5, 0.6) is 0 Å². The lowest BCUT2D eigenvalue weighted by Gasteiger charge is -2.41. The monoisotopic (exact) mass is 390 g/mol. The van der Waals surface area contributed by atoms with Crippen LogP contribution in [0.25, 0.3) is 0 Å². The summed E-state index contributed by atoms with van der Waals surface area (Å²) in [6, 6.07) is 10.3. The molecule has 1 aromatic rings. The van der Waals surface area contributed by atoms with Crippen LogP contribution in [0.2, 0.25) is 0 Å². The molecule has 2 rings (SSSR count). The van der Waals surface area contributed by atoms with Crippen molar-refractivity contribution >= 4 is 5.91 Å². The average Bonchev–Trinajstić information content (AvgIpc) is 2.63. The van der Waals surface area contributed by atoms with Crippen molar-refractivity contribution in [1.82, 2.24) is 10.2 Å². The lowest BCUT2D eigenvalue weighted by Crippen LogP contribution is -2.57. The maximum Gasteiger partial charge on any atom is 0.237 e. The van der Waals surface area contributed by atoms with Gasteiger partial charge in [0.05, 0.1) is 24.9 Å². The second-order valence-electron chi connectivity index (χ2n) is 8.25. The Hall–Kier alpha value is -1.43. The molecule has 1 amide bonds. The number of ether oxygens (including phenoxy) is 2. The van der Waals surface area contributed by atoms with E-state index in [0.29, 0.717) is 6.54 Å². The molecule has 3 atom stereocenters. The van der Waals surface area contributed by atoms with Crippen LogP contribution >= 0.6 is 0 Å². The number of hydrogen-bond donors (Lipinski definition) is 1. The fraction of sp³-hybridized carbons (Fsp3) is 0.696. The van der Waals surface area contributed by atoms with E-state index in [1.807, 2.05) is 6.07 Å². The van der Waals surface area contributed by atoms with Crippen LogP contribution in [0, 0.1) is 5.92 Å². The minimum absolute atomic E-state index is 0.0871. The van der Waals surface area contributed by atoms with E-state index in [2.05, 4.69) is 62.2 Å². The number of hydrogen-bond acceptors (Lipinski definition) is 4. The Labute approximate surface area is 170 Å². The molecule has 1 aliphatic rings. The van der Waals surface area contributed by atoms with Crippen molar-refractivity contribution in [2.45, 2.75) is 65.2 Å². The number of carbonyl (C=O) groups excluding carboxylic acids is 1. The van der Waals surface area contributed by atoms with Crippen LogP contribution in [0.3, 0.4) is 0 Å². The zero-order chi connectivity index (χ0) is 20.4. The summed E-state index contributed by atoms with van der Waals surface area (Å²) >= 11 is 0. The van der Waals surface area contributed by atoms with Gasteiger partial charge in [-0.25, -0.2) is 0 Å². The molecule has 1 saturated heterocycles. The van der Waals surface area contributed by atoms with Crippen molar-refractivity contribution in [2.24, 2.45) is 5.92 Å². The number of nitrogens with one attached hydrogen (secondary N) is 1. The third-order valence-corrected chi connectivity index (χ3v) is 5.13. The van der Waals surface area contributed by atoms with E-state index in [-0.39, 0.29) is 30.1 Å². The maximum absolute atomic E-state index is 12.8. The zero-order valence-corrected chi connectivity index (χ0v) is 18.0. The third-order valence-electron chi connectivity index (χ3n) is 5.13. The van der Waals surface area contributed by atoms with E-state index >= 15 is 0 Å². The summed E-state index contributed by atoms with van der Waals surface area (Å²) in [6.07, 6.45) is 3.20. The molecule has 1 N–H and O–H groups in total. The van der Waals surface area contributed by atoms with Crippen LogP contribution in [0.15, 0.2) is 30.3 Å². The highest BCUT2D eigenvalue weighted by Crippen LogP contribution is 2.18. The number of nitrogens with zero attached hydrogens (tertiary/aromatic N) is 1. The Kier molecular flexibility index (Phi) is 9.96. The van der Waals surface area contributed by atoms with Gasteiger partial charge < -0.3 is 14.8 Å². The molecule has 0 bridgehead atoms. The summed E-state index contributed by atoms with van der Waals surface area (Å²) in [7, 11) is 0. The van der Waals surface area contributed by atoms with Crippen LogP contribution in [-0.4, -0.2) is 61.9 Å². The minimum Gasteiger partial charge on any atom is -0.381 e. The number of carbonyl (C=O) groups is 1. The third kappa shape index (κ3) is 7.90. The molecule has 0 spiro atoms. The van der Waals surface area contributed by atoms with Gasteiger partial charge >= 0.3 is 0 Å². The van der Waals surface area contributed by atoms with Gasteiger partial charge in [0.25, 0.3) is 0 Å². The van der Waals surface area contributed by atoms with E-state index in [0.717, 1.165) is 45.6 Å². The Balaban J connectivity index is 1.60. The van der Waals surface area contributed by atoms with Gasteiger partial charge in [0.15, 0.2) is 0 Å². The van der Waals surface area contributed by atoms with Crippen molar-refractivity contribution < 1.29 is 14.3 Å². The van der Waals surface area contributed by atoms with E-state index in [9.17, 15) is 4.79 Å². The first-order chi connectivity index (χ1) is 13.5. The van der Waals surface area contributed by atoms with Gasteiger partial charge in [0, 0.05) is 26.2 Å². The molecular weight excluding hydrogens is 352 g/mol. The molecule has 0 aromatic heterocycles. The smallest absolute Gasteiger partial charge is 0.237 e. The van der Waals surface area contributed by atoms with Gasteiger partial charge in [-0.3, -0.25) is 9.69 Å². The molecule has 28 heavy (non-hydrogen) atoms. The minimum atomic E-state index is -0.0871. The van der Waals surface area contributed by atoms with Crippen molar-refractivity contribution in [3.05, 3.63) is 35.9 Å². The standard InChI is InChI=1S/C23H38N2O3/c1-18(2)22(25-16-19(3)28-20(4)17-25)23(26)24-13-8-9-14-27-15-12-21-10-6-5-7-11-21/h5-7,10-11,18-20,22H,8-9,12-17H2,1-4H3,(H,24,26). The summed E-state index contributed by atoms with van der Waals surface area (Å²) in [4.78, 5) is 15.0. The highest BCUT2D eigenvalue weighted by Gasteiger charge is 2.33. The molecule has 5 heteroatoms. The summed E-state index contributed by atoms with van der Waals surface area (Å²) in [5, 5.41) is 3.13. The number of rotatable bonds is 11. The molecule has 158 valence electrons. The molecule has 0 radical (unpaired) electrons. The number of benzene rings is 1. The van der Waals surface area contributed by atoms with Crippen LogP contribution < -0.4 is 5.32 Å². The van der Waals surface area contributed by atoms with Crippen molar-refractivity contribution in [3.8, 4) is 0 Å². The summed E-state index contributed by atoms with van der Waals surface area (Å²) in [5.41, 5.74) is 1.31. The first-order valence-electron chi connectivity index (χ1n) is 10.8. The lowest BCUT2D eigenvalue weighted by molar-refractivity contribution is -0.135. The zero-order valence-electron chi connectivity index (χ0n) is 18.0. The first-order valence-corrected chi connectivity index (χ1v) is 10.8. The van der Waals surface area contributed by atoms with E-state index < -0.39 is 0 Å². The number of amides is 1. The molecule has 1 aliphatic heterocycles. The van der Waals surface area contributed by atoms with Crippen LogP contribution in [0.4, 0.5) is 0 Å². The van der Waals surface area contributed by atoms with Crippen molar-refractivity contribution in [3.63, 3.8) is 0 Å². The fourth-order valence-corrected chi connectivity index (χ4v) is 3.92. The largest absolute Gasteiger partial charge is 0.381 e. The lowest BCUT2D eigenvalue weighted by atomic mass is 9.99. The number of unbranched alkanes of at least 4 members (excludes halogenated alkanes) is 1. The Morgan fingerprint density at radius 2 is 1.82 bits per heavy atom. The average molecular weight is 391 g/mol. The topological polar surface area (TPSA) is 50.8 Å². The molecule has 3 unspecified atom stereocenters. The first kappa shape index (κ1) is 22.9. The fourth-order valence-electron chi connectivity index (χ4n) is 3.92.